The minimum atomic E-state index is -5.31. The standard InChI is InChI=1S/C8H5F7N2O2/c9-6(10)7(11,12)1-2-3(8(13,14)15)4(5(18)19)17-16-2/h6H,1H2,(H,16,17)(H,18,19). The molecule has 0 fully saturated rings. The van der Waals surface area contributed by atoms with Crippen LogP contribution < -0.4 is 0 Å². The number of aromatic carboxylic acids is 1. The van der Waals surface area contributed by atoms with Crippen LogP contribution in [-0.2, 0) is 12.6 Å². The van der Waals surface area contributed by atoms with Gasteiger partial charge in [-0.3, -0.25) is 5.10 Å². The minimum absolute atomic E-state index is 1.41. The van der Waals surface area contributed by atoms with Crippen LogP contribution >= 0.6 is 0 Å². The molecule has 108 valence electrons. The van der Waals surface area contributed by atoms with Crippen LogP contribution in [-0.4, -0.2) is 33.6 Å². The van der Waals surface area contributed by atoms with Crippen LogP contribution in [0.15, 0.2) is 0 Å². The summed E-state index contributed by atoms with van der Waals surface area (Å²) in [6.07, 6.45) is -11.5. The lowest BCUT2D eigenvalue weighted by atomic mass is 10.1. The average Bonchev–Trinajstić information content (AvgIpc) is 2.59. The quantitative estimate of drug-likeness (QED) is 0.839. The van der Waals surface area contributed by atoms with Gasteiger partial charge >= 0.3 is 24.5 Å². The molecule has 0 unspecified atom stereocenters. The molecule has 0 atom stereocenters. The van der Waals surface area contributed by atoms with Gasteiger partial charge in [-0.25, -0.2) is 13.6 Å². The summed E-state index contributed by atoms with van der Waals surface area (Å²) >= 11 is 0. The summed E-state index contributed by atoms with van der Waals surface area (Å²) in [5.74, 6) is -6.85. The Morgan fingerprint density at radius 3 is 2.16 bits per heavy atom. The Hall–Kier alpha value is -1.81. The molecule has 19 heavy (non-hydrogen) atoms. The fraction of sp³-hybridized carbons (Fsp3) is 0.500. The molecule has 0 saturated carbocycles. The number of carbonyl (C=O) groups is 1. The Labute approximate surface area is 99.8 Å². The molecule has 11 heteroatoms. The number of nitrogens with one attached hydrogen (secondary N) is 1. The Balaban J connectivity index is 3.27. The van der Waals surface area contributed by atoms with Crippen molar-refractivity contribution < 1.29 is 40.6 Å². The van der Waals surface area contributed by atoms with Crippen LogP contribution in [0.5, 0.6) is 0 Å². The van der Waals surface area contributed by atoms with E-state index in [0.29, 0.717) is 0 Å². The van der Waals surface area contributed by atoms with Crippen molar-refractivity contribution in [2.75, 3.05) is 0 Å². The number of carboxylic acid groups (broad SMARTS) is 1. The van der Waals surface area contributed by atoms with E-state index in [1.807, 2.05) is 0 Å². The maximum atomic E-state index is 12.7. The predicted molar refractivity (Wildman–Crippen MR) is 45.2 cm³/mol. The number of alkyl halides is 7. The summed E-state index contributed by atoms with van der Waals surface area (Å²) in [5, 5.41) is 12.5. The van der Waals surface area contributed by atoms with Crippen LogP contribution in [0.1, 0.15) is 21.7 Å². The molecule has 0 aromatic carbocycles. The Morgan fingerprint density at radius 2 is 1.79 bits per heavy atom. The van der Waals surface area contributed by atoms with Gasteiger partial charge in [0.1, 0.15) is 5.56 Å². The van der Waals surface area contributed by atoms with Crippen molar-refractivity contribution in [2.24, 2.45) is 0 Å². The normalized spacial score (nSPS) is 13.1. The van der Waals surface area contributed by atoms with Gasteiger partial charge in [-0.1, -0.05) is 0 Å². The minimum Gasteiger partial charge on any atom is -0.476 e. The second kappa shape index (κ2) is 4.70. The third-order valence-corrected chi connectivity index (χ3v) is 2.06. The number of H-pyrrole nitrogens is 1. The molecule has 0 bridgehead atoms. The van der Waals surface area contributed by atoms with Gasteiger partial charge in [0.15, 0.2) is 5.69 Å². The Kier molecular flexibility index (Phi) is 3.77. The molecule has 4 nitrogen and oxygen atoms in total. The first-order chi connectivity index (χ1) is 8.47. The second-order valence-electron chi connectivity index (χ2n) is 3.47. The van der Waals surface area contributed by atoms with Crippen LogP contribution in [0, 0.1) is 0 Å². The number of hydrogen-bond donors (Lipinski definition) is 2. The van der Waals surface area contributed by atoms with Crippen LogP contribution in [0.25, 0.3) is 0 Å². The summed E-state index contributed by atoms with van der Waals surface area (Å²) in [6.45, 7) is 0. The molecule has 0 amide bonds. The largest absolute Gasteiger partial charge is 0.476 e. The van der Waals surface area contributed by atoms with Crippen molar-refractivity contribution in [1.29, 1.82) is 0 Å². The smallest absolute Gasteiger partial charge is 0.420 e. The molecule has 1 rings (SSSR count). The summed E-state index contributed by atoms with van der Waals surface area (Å²) < 4.78 is 86.8. The molecule has 0 saturated heterocycles. The Morgan fingerprint density at radius 1 is 1.26 bits per heavy atom. The molecule has 0 radical (unpaired) electrons. The monoisotopic (exact) mass is 294 g/mol. The molecule has 0 aliphatic carbocycles. The first-order valence-electron chi connectivity index (χ1n) is 4.50. The van der Waals surface area contributed by atoms with Gasteiger partial charge in [0.05, 0.1) is 12.1 Å². The molecule has 2 N–H and O–H groups in total. The summed E-state index contributed by atoms with van der Waals surface area (Å²) in [7, 11) is 0. The van der Waals surface area contributed by atoms with Gasteiger partial charge in [-0.15, -0.1) is 0 Å². The van der Waals surface area contributed by atoms with E-state index >= 15 is 0 Å². The number of nitrogens with zero attached hydrogens (tertiary/aromatic N) is 1. The van der Waals surface area contributed by atoms with E-state index in [-0.39, 0.29) is 0 Å². The third-order valence-electron chi connectivity index (χ3n) is 2.06. The number of carboxylic acids is 1. The van der Waals surface area contributed by atoms with Crippen LogP contribution in [0.3, 0.4) is 0 Å². The topological polar surface area (TPSA) is 66.0 Å². The first kappa shape index (κ1) is 15.2. The number of aromatic amines is 1. The highest BCUT2D eigenvalue weighted by atomic mass is 19.4. The molecular formula is C8H5F7N2O2. The van der Waals surface area contributed by atoms with Gasteiger partial charge in [0, 0.05) is 0 Å². The number of rotatable bonds is 4. The van der Waals surface area contributed by atoms with Gasteiger partial charge in [-0.05, 0) is 0 Å². The molecular weight excluding hydrogens is 289 g/mol. The lowest BCUT2D eigenvalue weighted by Gasteiger charge is -2.15. The van der Waals surface area contributed by atoms with E-state index in [1.54, 1.807) is 0 Å². The van der Waals surface area contributed by atoms with E-state index in [4.69, 9.17) is 5.11 Å². The lowest BCUT2D eigenvalue weighted by Crippen LogP contribution is -2.30. The van der Waals surface area contributed by atoms with E-state index < -0.39 is 47.9 Å². The second-order valence-corrected chi connectivity index (χ2v) is 3.47. The summed E-state index contributed by atoms with van der Waals surface area (Å²) in [5.41, 5.74) is -4.94. The van der Waals surface area contributed by atoms with Gasteiger partial charge in [0.25, 0.3) is 0 Å². The third kappa shape index (κ3) is 3.15. The lowest BCUT2D eigenvalue weighted by molar-refractivity contribution is -0.143. The fourth-order valence-electron chi connectivity index (χ4n) is 1.28. The van der Waals surface area contributed by atoms with Crippen molar-refractivity contribution in [3.8, 4) is 0 Å². The maximum Gasteiger partial charge on any atom is 0.420 e. The van der Waals surface area contributed by atoms with Crippen molar-refractivity contribution >= 4 is 5.97 Å². The van der Waals surface area contributed by atoms with E-state index in [0.717, 1.165) is 0 Å². The van der Waals surface area contributed by atoms with Crippen molar-refractivity contribution in [3.05, 3.63) is 17.0 Å². The zero-order valence-corrected chi connectivity index (χ0v) is 8.73. The Bertz CT molecular complexity index is 480. The zero-order chi connectivity index (χ0) is 15.0. The highest BCUT2D eigenvalue weighted by Crippen LogP contribution is 2.37. The van der Waals surface area contributed by atoms with E-state index in [9.17, 15) is 35.5 Å². The van der Waals surface area contributed by atoms with Gasteiger partial charge < -0.3 is 5.11 Å². The maximum absolute atomic E-state index is 12.7. The molecule has 0 aliphatic rings. The van der Waals surface area contributed by atoms with Crippen molar-refractivity contribution in [2.45, 2.75) is 24.9 Å². The van der Waals surface area contributed by atoms with Crippen LogP contribution in [0.4, 0.5) is 30.7 Å². The van der Waals surface area contributed by atoms with Gasteiger partial charge in [-0.2, -0.15) is 27.1 Å². The zero-order valence-electron chi connectivity index (χ0n) is 8.73. The van der Waals surface area contributed by atoms with Crippen LogP contribution in [0.2, 0.25) is 0 Å². The van der Waals surface area contributed by atoms with E-state index in [2.05, 4.69) is 5.10 Å². The van der Waals surface area contributed by atoms with Crippen molar-refractivity contribution in [1.82, 2.24) is 10.2 Å². The molecule has 0 aliphatic heterocycles. The van der Waals surface area contributed by atoms with Crippen molar-refractivity contribution in [3.63, 3.8) is 0 Å². The SMILES string of the molecule is O=C(O)c1n[nH]c(CC(F)(F)C(F)F)c1C(F)(F)F. The number of halogens is 7. The summed E-state index contributed by atoms with van der Waals surface area (Å²) in [4.78, 5) is 10.5. The number of hydrogen-bond acceptors (Lipinski definition) is 2. The van der Waals surface area contributed by atoms with E-state index in [1.165, 1.54) is 5.10 Å². The highest BCUT2D eigenvalue weighted by Gasteiger charge is 2.47. The highest BCUT2D eigenvalue weighted by molar-refractivity contribution is 5.87. The molecule has 1 aromatic rings. The summed E-state index contributed by atoms with van der Waals surface area (Å²) in [6, 6.07) is 0. The fourth-order valence-corrected chi connectivity index (χ4v) is 1.28. The average molecular weight is 294 g/mol. The molecule has 0 spiro atoms. The molecule has 1 aromatic heterocycles. The van der Waals surface area contributed by atoms with Gasteiger partial charge in [0.2, 0.25) is 0 Å². The first-order valence-corrected chi connectivity index (χ1v) is 4.50. The number of aromatic nitrogens is 2. The molecule has 1 heterocycles. The predicted octanol–water partition coefficient (Wildman–Crippen LogP) is 2.57.